The minimum absolute atomic E-state index is 0.190. The fourth-order valence-corrected chi connectivity index (χ4v) is 1.67. The predicted molar refractivity (Wildman–Crippen MR) is 79.7 cm³/mol. The van der Waals surface area contributed by atoms with Gasteiger partial charge in [-0.05, 0) is 25.1 Å². The van der Waals surface area contributed by atoms with Gasteiger partial charge in [0.2, 0.25) is 5.91 Å². The summed E-state index contributed by atoms with van der Waals surface area (Å²) >= 11 is 0. The van der Waals surface area contributed by atoms with Crippen molar-refractivity contribution in [3.8, 4) is 0 Å². The number of benzene rings is 2. The van der Waals surface area contributed by atoms with Gasteiger partial charge < -0.3 is 5.32 Å². The number of nitrogens with one attached hydrogen (secondary N) is 1. The molecule has 0 radical (unpaired) electrons. The molecule has 2 rings (SSSR count). The summed E-state index contributed by atoms with van der Waals surface area (Å²) in [6.07, 6.45) is 2.52. The van der Waals surface area contributed by atoms with E-state index in [1.54, 1.807) is 24.3 Å². The summed E-state index contributed by atoms with van der Waals surface area (Å²) in [7, 11) is 0. The van der Waals surface area contributed by atoms with Crippen LogP contribution in [0.4, 0.5) is 5.69 Å². The maximum atomic E-state index is 11.8. The SMILES string of the molecule is Cc1ccc(NC(=O)C=CC(=O)c2ccccc2)cc1. The van der Waals surface area contributed by atoms with Crippen molar-refractivity contribution < 1.29 is 9.59 Å². The van der Waals surface area contributed by atoms with Crippen molar-refractivity contribution >= 4 is 17.4 Å². The summed E-state index contributed by atoms with van der Waals surface area (Å²) in [4.78, 5) is 23.5. The molecule has 0 aliphatic carbocycles. The number of hydrogen-bond donors (Lipinski definition) is 1. The van der Waals surface area contributed by atoms with Crippen LogP contribution in [0, 0.1) is 6.92 Å². The van der Waals surface area contributed by atoms with Crippen LogP contribution in [0.25, 0.3) is 0 Å². The van der Waals surface area contributed by atoms with Gasteiger partial charge in [0.25, 0.3) is 0 Å². The Kier molecular flexibility index (Phi) is 4.45. The van der Waals surface area contributed by atoms with E-state index in [1.807, 2.05) is 37.3 Å². The monoisotopic (exact) mass is 265 g/mol. The normalized spacial score (nSPS) is 10.4. The second-order valence-electron chi connectivity index (χ2n) is 4.42. The van der Waals surface area contributed by atoms with Crippen molar-refractivity contribution in [3.63, 3.8) is 0 Å². The van der Waals surface area contributed by atoms with E-state index in [1.165, 1.54) is 12.2 Å². The molecule has 0 spiro atoms. The third-order valence-corrected chi connectivity index (χ3v) is 2.76. The quantitative estimate of drug-likeness (QED) is 0.680. The van der Waals surface area contributed by atoms with Crippen molar-refractivity contribution in [2.75, 3.05) is 5.32 Å². The molecule has 0 aliphatic rings. The zero-order chi connectivity index (χ0) is 14.4. The van der Waals surface area contributed by atoms with Crippen molar-refractivity contribution in [1.29, 1.82) is 0 Å². The maximum absolute atomic E-state index is 11.8. The standard InChI is InChI=1S/C17H15NO2/c1-13-7-9-15(10-8-13)18-17(20)12-11-16(19)14-5-3-2-4-6-14/h2-12H,1H3,(H,18,20). The van der Waals surface area contributed by atoms with Crippen molar-refractivity contribution in [2.24, 2.45) is 0 Å². The zero-order valence-corrected chi connectivity index (χ0v) is 11.2. The van der Waals surface area contributed by atoms with Gasteiger partial charge in [-0.1, -0.05) is 48.0 Å². The van der Waals surface area contributed by atoms with Crippen LogP contribution < -0.4 is 5.32 Å². The van der Waals surface area contributed by atoms with E-state index in [4.69, 9.17) is 0 Å². The number of aryl methyl sites for hydroxylation is 1. The van der Waals surface area contributed by atoms with Gasteiger partial charge >= 0.3 is 0 Å². The number of carbonyl (C=O) groups excluding carboxylic acids is 2. The Balaban J connectivity index is 1.96. The maximum Gasteiger partial charge on any atom is 0.248 e. The van der Waals surface area contributed by atoms with E-state index in [-0.39, 0.29) is 11.7 Å². The molecule has 0 fully saturated rings. The van der Waals surface area contributed by atoms with E-state index in [9.17, 15) is 9.59 Å². The minimum Gasteiger partial charge on any atom is -0.323 e. The molecule has 0 heterocycles. The van der Waals surface area contributed by atoms with Crippen molar-refractivity contribution in [3.05, 3.63) is 77.9 Å². The van der Waals surface area contributed by atoms with E-state index in [0.717, 1.165) is 5.56 Å². The first-order valence-corrected chi connectivity index (χ1v) is 6.30. The lowest BCUT2D eigenvalue weighted by Gasteiger charge is -2.02. The summed E-state index contributed by atoms with van der Waals surface area (Å²) in [6, 6.07) is 16.3. The minimum atomic E-state index is -0.321. The largest absolute Gasteiger partial charge is 0.323 e. The Morgan fingerprint density at radius 3 is 2.20 bits per heavy atom. The highest BCUT2D eigenvalue weighted by atomic mass is 16.1. The molecule has 3 heteroatoms. The number of rotatable bonds is 4. The molecule has 1 N–H and O–H groups in total. The molecule has 0 atom stereocenters. The van der Waals surface area contributed by atoms with Gasteiger partial charge in [-0.3, -0.25) is 9.59 Å². The van der Waals surface area contributed by atoms with Gasteiger partial charge in [0.05, 0.1) is 0 Å². The Labute approximate surface area is 117 Å². The Morgan fingerprint density at radius 2 is 1.55 bits per heavy atom. The first-order valence-electron chi connectivity index (χ1n) is 6.30. The number of carbonyl (C=O) groups is 2. The molecule has 0 aromatic heterocycles. The Hall–Kier alpha value is -2.68. The van der Waals surface area contributed by atoms with Crippen LogP contribution in [0.3, 0.4) is 0 Å². The van der Waals surface area contributed by atoms with Crippen LogP contribution in [0.5, 0.6) is 0 Å². The van der Waals surface area contributed by atoms with Crippen molar-refractivity contribution in [1.82, 2.24) is 0 Å². The zero-order valence-electron chi connectivity index (χ0n) is 11.2. The molecule has 0 saturated carbocycles. The fourth-order valence-electron chi connectivity index (χ4n) is 1.67. The molecule has 2 aromatic rings. The van der Waals surface area contributed by atoms with Crippen LogP contribution in [-0.2, 0) is 4.79 Å². The first-order chi connectivity index (χ1) is 9.65. The Bertz CT molecular complexity index is 628. The second-order valence-corrected chi connectivity index (χ2v) is 4.42. The average Bonchev–Trinajstić information content (AvgIpc) is 2.48. The van der Waals surface area contributed by atoms with Gasteiger partial charge in [0.15, 0.2) is 5.78 Å². The smallest absolute Gasteiger partial charge is 0.248 e. The molecule has 0 aliphatic heterocycles. The van der Waals surface area contributed by atoms with Gasteiger partial charge in [0, 0.05) is 17.3 Å². The highest BCUT2D eigenvalue weighted by Crippen LogP contribution is 2.08. The van der Waals surface area contributed by atoms with Gasteiger partial charge in [-0.15, -0.1) is 0 Å². The molecule has 20 heavy (non-hydrogen) atoms. The van der Waals surface area contributed by atoms with Gasteiger partial charge in [-0.25, -0.2) is 0 Å². The summed E-state index contributed by atoms with van der Waals surface area (Å²) in [6.45, 7) is 1.98. The summed E-state index contributed by atoms with van der Waals surface area (Å²) in [5, 5.41) is 2.70. The lowest BCUT2D eigenvalue weighted by molar-refractivity contribution is -0.111. The molecule has 0 bridgehead atoms. The Morgan fingerprint density at radius 1 is 0.900 bits per heavy atom. The third-order valence-electron chi connectivity index (χ3n) is 2.76. The van der Waals surface area contributed by atoms with E-state index < -0.39 is 0 Å². The predicted octanol–water partition coefficient (Wildman–Crippen LogP) is 3.37. The highest BCUT2D eigenvalue weighted by Gasteiger charge is 2.02. The lowest BCUT2D eigenvalue weighted by Crippen LogP contribution is -2.08. The summed E-state index contributed by atoms with van der Waals surface area (Å²) in [5.41, 5.74) is 2.39. The van der Waals surface area contributed by atoms with E-state index >= 15 is 0 Å². The third kappa shape index (κ3) is 3.92. The van der Waals surface area contributed by atoms with Crippen molar-refractivity contribution in [2.45, 2.75) is 6.92 Å². The number of amides is 1. The van der Waals surface area contributed by atoms with Crippen LogP contribution >= 0.6 is 0 Å². The van der Waals surface area contributed by atoms with Gasteiger partial charge in [-0.2, -0.15) is 0 Å². The van der Waals surface area contributed by atoms with Crippen LogP contribution in [0.15, 0.2) is 66.7 Å². The molecule has 0 saturated heterocycles. The van der Waals surface area contributed by atoms with Gasteiger partial charge in [0.1, 0.15) is 0 Å². The number of hydrogen-bond acceptors (Lipinski definition) is 2. The average molecular weight is 265 g/mol. The molecule has 3 nitrogen and oxygen atoms in total. The van der Waals surface area contributed by atoms with Crippen LogP contribution in [0.1, 0.15) is 15.9 Å². The number of anilines is 1. The molecule has 100 valence electrons. The van der Waals surface area contributed by atoms with E-state index in [0.29, 0.717) is 11.3 Å². The second kappa shape index (κ2) is 6.48. The molecule has 0 unspecified atom stereocenters. The topological polar surface area (TPSA) is 46.2 Å². The highest BCUT2D eigenvalue weighted by molar-refractivity contribution is 6.09. The molecule has 2 aromatic carbocycles. The molecular formula is C17H15NO2. The van der Waals surface area contributed by atoms with Crippen LogP contribution in [0.2, 0.25) is 0 Å². The molecule has 1 amide bonds. The number of allylic oxidation sites excluding steroid dienone is 1. The van der Waals surface area contributed by atoms with E-state index in [2.05, 4.69) is 5.32 Å². The number of ketones is 1. The molecular weight excluding hydrogens is 250 g/mol. The lowest BCUT2D eigenvalue weighted by atomic mass is 10.1. The fraction of sp³-hybridized carbons (Fsp3) is 0.0588. The first kappa shape index (κ1) is 13.7. The summed E-state index contributed by atoms with van der Waals surface area (Å²) in [5.74, 6) is -0.511. The summed E-state index contributed by atoms with van der Waals surface area (Å²) < 4.78 is 0. The van der Waals surface area contributed by atoms with Crippen LogP contribution in [-0.4, -0.2) is 11.7 Å².